The van der Waals surface area contributed by atoms with Crippen molar-refractivity contribution in [2.45, 2.75) is 11.8 Å². The molecule has 112 valence electrons. The van der Waals surface area contributed by atoms with Gasteiger partial charge in [0, 0.05) is 10.2 Å². The fraction of sp³-hybridized carbons (Fsp3) is 0.0769. The average Bonchev–Trinajstić information content (AvgIpc) is 2.38. The Balaban J connectivity index is 2.51. The molecular weight excluding hydrogens is 366 g/mol. The van der Waals surface area contributed by atoms with Gasteiger partial charge in [0.1, 0.15) is 17.3 Å². The molecule has 0 aliphatic carbocycles. The predicted octanol–water partition coefficient (Wildman–Crippen LogP) is 3.42. The fourth-order valence-corrected chi connectivity index (χ4v) is 3.54. The highest BCUT2D eigenvalue weighted by molar-refractivity contribution is 9.10. The van der Waals surface area contributed by atoms with Crippen molar-refractivity contribution in [3.8, 4) is 0 Å². The zero-order valence-corrected chi connectivity index (χ0v) is 13.2. The van der Waals surface area contributed by atoms with E-state index in [1.165, 1.54) is 12.1 Å². The Morgan fingerprint density at radius 2 is 1.76 bits per heavy atom. The number of anilines is 2. The maximum Gasteiger partial charge on any atom is 0.262 e. The lowest BCUT2D eigenvalue weighted by Crippen LogP contribution is -2.16. The van der Waals surface area contributed by atoms with Crippen LogP contribution in [0.3, 0.4) is 0 Å². The lowest BCUT2D eigenvalue weighted by Gasteiger charge is -2.13. The van der Waals surface area contributed by atoms with Crippen molar-refractivity contribution in [3.05, 3.63) is 52.0 Å². The molecule has 0 amide bonds. The van der Waals surface area contributed by atoms with Crippen LogP contribution in [0.2, 0.25) is 0 Å². The van der Waals surface area contributed by atoms with Crippen LogP contribution in [0.15, 0.2) is 39.7 Å². The predicted molar refractivity (Wildman–Crippen MR) is 80.5 cm³/mol. The maximum absolute atomic E-state index is 13.5. The fourth-order valence-electron chi connectivity index (χ4n) is 1.74. The number of hydrogen-bond donors (Lipinski definition) is 2. The van der Waals surface area contributed by atoms with Gasteiger partial charge in [-0.15, -0.1) is 0 Å². The van der Waals surface area contributed by atoms with Crippen LogP contribution in [-0.2, 0) is 10.0 Å². The molecule has 0 atom stereocenters. The van der Waals surface area contributed by atoms with Gasteiger partial charge in [0.15, 0.2) is 0 Å². The van der Waals surface area contributed by atoms with Crippen LogP contribution in [0.25, 0.3) is 0 Å². The lowest BCUT2D eigenvalue weighted by atomic mass is 10.2. The average molecular weight is 377 g/mol. The van der Waals surface area contributed by atoms with E-state index in [4.69, 9.17) is 5.73 Å². The molecular formula is C13H11BrF2N2O2S. The number of hydrogen-bond acceptors (Lipinski definition) is 3. The number of nitrogen functional groups attached to an aromatic ring is 1. The minimum atomic E-state index is -4.16. The van der Waals surface area contributed by atoms with Crippen LogP contribution in [0, 0.1) is 18.6 Å². The third-order valence-corrected chi connectivity index (χ3v) is 4.96. The SMILES string of the molecule is Cc1cc(Br)c(N)cc1S(=O)(=O)Nc1c(F)cccc1F. The summed E-state index contributed by atoms with van der Waals surface area (Å²) in [6.07, 6.45) is 0. The first-order valence-corrected chi connectivity index (χ1v) is 8.02. The number of aryl methyl sites for hydroxylation is 1. The van der Waals surface area contributed by atoms with Crippen molar-refractivity contribution in [2.75, 3.05) is 10.5 Å². The van der Waals surface area contributed by atoms with E-state index in [1.54, 1.807) is 6.92 Å². The number of para-hydroxylation sites is 1. The van der Waals surface area contributed by atoms with E-state index in [2.05, 4.69) is 15.9 Å². The number of sulfonamides is 1. The molecule has 0 saturated carbocycles. The molecule has 0 aliphatic heterocycles. The van der Waals surface area contributed by atoms with Crippen LogP contribution in [0.5, 0.6) is 0 Å². The summed E-state index contributed by atoms with van der Waals surface area (Å²) in [7, 11) is -4.16. The van der Waals surface area contributed by atoms with Crippen LogP contribution in [0.4, 0.5) is 20.2 Å². The van der Waals surface area contributed by atoms with Gasteiger partial charge in [0.05, 0.1) is 4.90 Å². The zero-order valence-electron chi connectivity index (χ0n) is 10.8. The van der Waals surface area contributed by atoms with Crippen LogP contribution >= 0.6 is 15.9 Å². The second-order valence-electron chi connectivity index (χ2n) is 4.34. The normalized spacial score (nSPS) is 11.4. The Hall–Kier alpha value is -1.67. The Morgan fingerprint density at radius 3 is 2.33 bits per heavy atom. The summed E-state index contributed by atoms with van der Waals surface area (Å²) in [4.78, 5) is -0.147. The van der Waals surface area contributed by atoms with Gasteiger partial charge in [-0.1, -0.05) is 6.07 Å². The van der Waals surface area contributed by atoms with E-state index in [-0.39, 0.29) is 10.6 Å². The van der Waals surface area contributed by atoms with Crippen molar-refractivity contribution < 1.29 is 17.2 Å². The van der Waals surface area contributed by atoms with Crippen molar-refractivity contribution >= 4 is 37.3 Å². The second kappa shape index (κ2) is 5.61. The van der Waals surface area contributed by atoms with E-state index in [9.17, 15) is 17.2 Å². The van der Waals surface area contributed by atoms with Gasteiger partial charge >= 0.3 is 0 Å². The Morgan fingerprint density at radius 1 is 1.19 bits per heavy atom. The molecule has 0 unspecified atom stereocenters. The van der Waals surface area contributed by atoms with Gasteiger partial charge in [-0.05, 0) is 52.7 Å². The molecule has 4 nitrogen and oxygen atoms in total. The van der Waals surface area contributed by atoms with Crippen LogP contribution in [0.1, 0.15) is 5.56 Å². The highest BCUT2D eigenvalue weighted by Crippen LogP contribution is 2.29. The lowest BCUT2D eigenvalue weighted by molar-refractivity contribution is 0.582. The molecule has 21 heavy (non-hydrogen) atoms. The number of rotatable bonds is 3. The molecule has 3 N–H and O–H groups in total. The first-order valence-electron chi connectivity index (χ1n) is 5.75. The van der Waals surface area contributed by atoms with E-state index in [0.29, 0.717) is 10.0 Å². The second-order valence-corrected chi connectivity index (χ2v) is 6.85. The summed E-state index contributed by atoms with van der Waals surface area (Å²) in [6.45, 7) is 1.55. The van der Waals surface area contributed by atoms with Crippen LogP contribution in [-0.4, -0.2) is 8.42 Å². The largest absolute Gasteiger partial charge is 0.398 e. The van der Waals surface area contributed by atoms with Crippen molar-refractivity contribution in [3.63, 3.8) is 0 Å². The molecule has 2 aromatic rings. The van der Waals surface area contributed by atoms with Crippen molar-refractivity contribution in [2.24, 2.45) is 0 Å². The number of halogens is 3. The summed E-state index contributed by atoms with van der Waals surface area (Å²) in [5.41, 5.74) is 5.52. The van der Waals surface area contributed by atoms with Crippen LogP contribution < -0.4 is 10.5 Å². The van der Waals surface area contributed by atoms with Gasteiger partial charge in [0.25, 0.3) is 10.0 Å². The zero-order chi connectivity index (χ0) is 15.8. The standard InChI is InChI=1S/C13H11BrF2N2O2S/c1-7-5-8(14)11(17)6-12(7)21(19,20)18-13-9(15)3-2-4-10(13)16/h2-6,18H,17H2,1H3. The quantitative estimate of drug-likeness (QED) is 0.806. The van der Waals surface area contributed by atoms with E-state index >= 15 is 0 Å². The Kier molecular flexibility index (Phi) is 4.20. The molecule has 0 spiro atoms. The highest BCUT2D eigenvalue weighted by atomic mass is 79.9. The van der Waals surface area contributed by atoms with Crippen molar-refractivity contribution in [1.29, 1.82) is 0 Å². The molecule has 0 aromatic heterocycles. The summed E-state index contributed by atoms with van der Waals surface area (Å²) in [6, 6.07) is 5.81. The monoisotopic (exact) mass is 376 g/mol. The smallest absolute Gasteiger partial charge is 0.262 e. The topological polar surface area (TPSA) is 72.2 Å². The molecule has 2 rings (SSSR count). The number of nitrogens with one attached hydrogen (secondary N) is 1. The number of benzene rings is 2. The van der Waals surface area contributed by atoms with E-state index in [0.717, 1.165) is 18.2 Å². The van der Waals surface area contributed by atoms with Gasteiger partial charge in [-0.2, -0.15) is 0 Å². The first-order chi connectivity index (χ1) is 9.72. The summed E-state index contributed by atoms with van der Waals surface area (Å²) >= 11 is 3.18. The molecule has 0 saturated heterocycles. The summed E-state index contributed by atoms with van der Waals surface area (Å²) in [5.74, 6) is -2.00. The molecule has 0 radical (unpaired) electrons. The highest BCUT2D eigenvalue weighted by Gasteiger charge is 2.21. The Labute approximate surface area is 129 Å². The molecule has 2 aromatic carbocycles. The molecule has 8 heteroatoms. The molecule has 0 fully saturated rings. The van der Waals surface area contributed by atoms with E-state index in [1.807, 2.05) is 4.72 Å². The van der Waals surface area contributed by atoms with Crippen molar-refractivity contribution in [1.82, 2.24) is 0 Å². The third-order valence-electron chi connectivity index (χ3n) is 2.78. The maximum atomic E-state index is 13.5. The third kappa shape index (κ3) is 3.16. The van der Waals surface area contributed by atoms with Gasteiger partial charge in [-0.3, -0.25) is 4.72 Å². The summed E-state index contributed by atoms with van der Waals surface area (Å²) in [5, 5.41) is 0. The van der Waals surface area contributed by atoms with Gasteiger partial charge in [0.2, 0.25) is 0 Å². The number of nitrogens with two attached hydrogens (primary N) is 1. The summed E-state index contributed by atoms with van der Waals surface area (Å²) < 4.78 is 54.1. The minimum absolute atomic E-state index is 0.147. The van der Waals surface area contributed by atoms with Gasteiger partial charge < -0.3 is 5.73 Å². The first kappa shape index (κ1) is 15.7. The molecule has 0 bridgehead atoms. The van der Waals surface area contributed by atoms with E-state index < -0.39 is 27.3 Å². The molecule has 0 heterocycles. The molecule has 0 aliphatic rings. The van der Waals surface area contributed by atoms with Gasteiger partial charge in [-0.25, -0.2) is 17.2 Å². The Bertz CT molecular complexity index is 790. The minimum Gasteiger partial charge on any atom is -0.398 e.